The normalized spacial score (nSPS) is 17.0. The number of carbonyl (C=O) groups is 1. The average Bonchev–Trinajstić information content (AvgIpc) is 2.77. The van der Waals surface area contributed by atoms with Crippen molar-refractivity contribution in [1.29, 1.82) is 0 Å². The summed E-state index contributed by atoms with van der Waals surface area (Å²) in [5.41, 5.74) is 0.982. The number of benzene rings is 2. The monoisotopic (exact) mass is 420 g/mol. The van der Waals surface area contributed by atoms with E-state index in [0.717, 1.165) is 5.56 Å². The van der Waals surface area contributed by atoms with Crippen molar-refractivity contribution in [2.75, 3.05) is 40.5 Å². The molecule has 1 N–H and O–H groups in total. The molecule has 0 bridgehead atoms. The van der Waals surface area contributed by atoms with Gasteiger partial charge in [0.15, 0.2) is 11.5 Å². The summed E-state index contributed by atoms with van der Waals surface area (Å²) in [6, 6.07) is 13.9. The highest BCUT2D eigenvalue weighted by Gasteiger charge is 2.26. The van der Waals surface area contributed by atoms with Crippen LogP contribution >= 0.6 is 0 Å². The van der Waals surface area contributed by atoms with Crippen molar-refractivity contribution in [1.82, 2.24) is 9.62 Å². The molecule has 2 aromatic rings. The van der Waals surface area contributed by atoms with E-state index in [-0.39, 0.29) is 23.5 Å². The van der Waals surface area contributed by atoms with Gasteiger partial charge in [-0.1, -0.05) is 30.3 Å². The Morgan fingerprint density at radius 1 is 1.14 bits per heavy atom. The third-order valence-electron chi connectivity index (χ3n) is 4.67. The Morgan fingerprint density at radius 2 is 1.86 bits per heavy atom. The van der Waals surface area contributed by atoms with Crippen molar-refractivity contribution in [3.63, 3.8) is 0 Å². The van der Waals surface area contributed by atoms with Crippen LogP contribution in [-0.4, -0.2) is 59.7 Å². The van der Waals surface area contributed by atoms with Gasteiger partial charge in [-0.25, -0.2) is 13.1 Å². The van der Waals surface area contributed by atoms with Crippen LogP contribution in [-0.2, 0) is 19.6 Å². The minimum absolute atomic E-state index is 0.00732. The van der Waals surface area contributed by atoms with E-state index in [2.05, 4.69) is 4.72 Å². The fourth-order valence-corrected chi connectivity index (χ4v) is 4.07. The van der Waals surface area contributed by atoms with Gasteiger partial charge in [-0.2, -0.15) is 0 Å². The van der Waals surface area contributed by atoms with Crippen LogP contribution in [0.25, 0.3) is 0 Å². The van der Waals surface area contributed by atoms with E-state index in [1.54, 1.807) is 4.90 Å². The molecule has 0 radical (unpaired) electrons. The van der Waals surface area contributed by atoms with E-state index in [1.807, 2.05) is 30.3 Å². The summed E-state index contributed by atoms with van der Waals surface area (Å²) in [6.07, 6.45) is -0.226. The van der Waals surface area contributed by atoms with Crippen molar-refractivity contribution in [2.24, 2.45) is 0 Å². The fourth-order valence-electron chi connectivity index (χ4n) is 3.08. The van der Waals surface area contributed by atoms with Crippen LogP contribution in [0.4, 0.5) is 0 Å². The number of carbonyl (C=O) groups excluding carboxylic acids is 1. The molecule has 1 saturated heterocycles. The Kier molecular flexibility index (Phi) is 6.73. The minimum atomic E-state index is -3.88. The highest BCUT2D eigenvalue weighted by molar-refractivity contribution is 7.89. The third kappa shape index (κ3) is 5.06. The maximum absolute atomic E-state index is 12.6. The zero-order chi connectivity index (χ0) is 20.9. The van der Waals surface area contributed by atoms with Crippen LogP contribution in [0.15, 0.2) is 53.4 Å². The first-order valence-electron chi connectivity index (χ1n) is 9.10. The molecule has 1 aliphatic heterocycles. The van der Waals surface area contributed by atoms with Crippen LogP contribution in [0.1, 0.15) is 11.7 Å². The van der Waals surface area contributed by atoms with E-state index >= 15 is 0 Å². The van der Waals surface area contributed by atoms with Gasteiger partial charge in [0, 0.05) is 12.6 Å². The van der Waals surface area contributed by atoms with Gasteiger partial charge in [-0.15, -0.1) is 0 Å². The molecular formula is C20H24N2O6S. The van der Waals surface area contributed by atoms with Gasteiger partial charge in [0.1, 0.15) is 6.10 Å². The van der Waals surface area contributed by atoms with E-state index in [0.29, 0.717) is 31.2 Å². The molecule has 3 rings (SSSR count). The number of hydrogen-bond donors (Lipinski definition) is 1. The van der Waals surface area contributed by atoms with Gasteiger partial charge in [0.05, 0.1) is 38.8 Å². The van der Waals surface area contributed by atoms with Gasteiger partial charge < -0.3 is 19.1 Å². The highest BCUT2D eigenvalue weighted by atomic mass is 32.2. The average molecular weight is 420 g/mol. The van der Waals surface area contributed by atoms with Crippen LogP contribution in [0, 0.1) is 0 Å². The lowest BCUT2D eigenvalue weighted by Gasteiger charge is -2.33. The predicted molar refractivity (Wildman–Crippen MR) is 106 cm³/mol. The first-order valence-corrected chi connectivity index (χ1v) is 10.6. The van der Waals surface area contributed by atoms with Crippen LogP contribution in [0.5, 0.6) is 11.5 Å². The number of amides is 1. The topological polar surface area (TPSA) is 94.2 Å². The number of ether oxygens (including phenoxy) is 3. The van der Waals surface area contributed by atoms with Crippen molar-refractivity contribution >= 4 is 15.9 Å². The fraction of sp³-hybridized carbons (Fsp3) is 0.350. The lowest BCUT2D eigenvalue weighted by Crippen LogP contribution is -2.46. The summed E-state index contributed by atoms with van der Waals surface area (Å²) in [5, 5.41) is 0. The summed E-state index contributed by atoms with van der Waals surface area (Å²) in [4.78, 5) is 14.2. The third-order valence-corrected chi connectivity index (χ3v) is 6.07. The lowest BCUT2D eigenvalue weighted by atomic mass is 10.1. The molecule has 0 spiro atoms. The molecule has 1 unspecified atom stereocenters. The molecule has 9 heteroatoms. The van der Waals surface area contributed by atoms with E-state index in [9.17, 15) is 13.2 Å². The first-order chi connectivity index (χ1) is 13.9. The summed E-state index contributed by atoms with van der Waals surface area (Å²) in [6.45, 7) is 0.854. The first kappa shape index (κ1) is 21.1. The van der Waals surface area contributed by atoms with Gasteiger partial charge in [-0.05, 0) is 17.7 Å². The lowest BCUT2D eigenvalue weighted by molar-refractivity contribution is -0.137. The van der Waals surface area contributed by atoms with Gasteiger partial charge in [0.25, 0.3) is 0 Å². The molecule has 1 aliphatic rings. The maximum atomic E-state index is 12.6. The molecule has 1 atom stereocenters. The number of methoxy groups -OCH3 is 2. The minimum Gasteiger partial charge on any atom is -0.493 e. The number of nitrogens with one attached hydrogen (secondary N) is 1. The Hall–Kier alpha value is -2.62. The van der Waals surface area contributed by atoms with Crippen LogP contribution in [0.3, 0.4) is 0 Å². The molecule has 1 fully saturated rings. The second-order valence-corrected chi connectivity index (χ2v) is 8.22. The standard InChI is InChI=1S/C20H24N2O6S/c1-26-17-9-8-16(12-18(17)27-2)29(24,25)21-13-20(23)22-10-11-28-19(14-22)15-6-4-3-5-7-15/h3-9,12,19,21H,10-11,13-14H2,1-2H3. The van der Waals surface area contributed by atoms with Crippen molar-refractivity contribution in [3.8, 4) is 11.5 Å². The molecule has 0 aromatic heterocycles. The van der Waals surface area contributed by atoms with Crippen LogP contribution < -0.4 is 14.2 Å². The van der Waals surface area contributed by atoms with Gasteiger partial charge >= 0.3 is 0 Å². The number of hydrogen-bond acceptors (Lipinski definition) is 6. The molecule has 0 saturated carbocycles. The van der Waals surface area contributed by atoms with Gasteiger partial charge in [0.2, 0.25) is 15.9 Å². The van der Waals surface area contributed by atoms with E-state index < -0.39 is 10.0 Å². The van der Waals surface area contributed by atoms with Gasteiger partial charge in [-0.3, -0.25) is 4.79 Å². The molecule has 0 aliphatic carbocycles. The number of morpholine rings is 1. The summed E-state index contributed by atoms with van der Waals surface area (Å²) in [7, 11) is -0.992. The zero-order valence-corrected chi connectivity index (χ0v) is 17.1. The Bertz CT molecular complexity index is 949. The summed E-state index contributed by atoms with van der Waals surface area (Å²) >= 11 is 0. The largest absolute Gasteiger partial charge is 0.493 e. The predicted octanol–water partition coefficient (Wildman–Crippen LogP) is 1.58. The molecule has 2 aromatic carbocycles. The second kappa shape index (κ2) is 9.25. The second-order valence-electron chi connectivity index (χ2n) is 6.45. The summed E-state index contributed by atoms with van der Waals surface area (Å²) in [5.74, 6) is 0.404. The zero-order valence-electron chi connectivity index (χ0n) is 16.3. The molecule has 156 valence electrons. The quantitative estimate of drug-likeness (QED) is 0.731. The Morgan fingerprint density at radius 3 is 2.55 bits per heavy atom. The number of rotatable bonds is 7. The highest BCUT2D eigenvalue weighted by Crippen LogP contribution is 2.29. The Balaban J connectivity index is 1.63. The smallest absolute Gasteiger partial charge is 0.241 e. The van der Waals surface area contributed by atoms with Crippen LogP contribution in [0.2, 0.25) is 0 Å². The van der Waals surface area contributed by atoms with Crippen molar-refractivity contribution in [2.45, 2.75) is 11.0 Å². The molecule has 1 amide bonds. The van der Waals surface area contributed by atoms with E-state index in [4.69, 9.17) is 14.2 Å². The SMILES string of the molecule is COc1ccc(S(=O)(=O)NCC(=O)N2CCOC(c3ccccc3)C2)cc1OC. The molecule has 8 nitrogen and oxygen atoms in total. The number of nitrogens with zero attached hydrogens (tertiary/aromatic N) is 1. The maximum Gasteiger partial charge on any atom is 0.241 e. The van der Waals surface area contributed by atoms with Crippen molar-refractivity contribution in [3.05, 3.63) is 54.1 Å². The van der Waals surface area contributed by atoms with Crippen molar-refractivity contribution < 1.29 is 27.4 Å². The molecule has 1 heterocycles. The molecular weight excluding hydrogens is 396 g/mol. The Labute approximate surface area is 170 Å². The van der Waals surface area contributed by atoms with E-state index in [1.165, 1.54) is 32.4 Å². The molecule has 29 heavy (non-hydrogen) atoms. The summed E-state index contributed by atoms with van der Waals surface area (Å²) < 4.78 is 43.5. The number of sulfonamides is 1.